The van der Waals surface area contributed by atoms with E-state index in [4.69, 9.17) is 32.7 Å². The Bertz CT molecular complexity index is 1380. The molecule has 2 aromatic carbocycles. The average Bonchev–Trinajstić information content (AvgIpc) is 3.49. The number of carbonyl (C=O) groups is 2. The van der Waals surface area contributed by atoms with Gasteiger partial charge in [0.2, 0.25) is 0 Å². The molecule has 2 aromatic heterocycles. The molecule has 0 aliphatic rings. The Labute approximate surface area is 237 Å². The Morgan fingerprint density at radius 2 is 1.27 bits per heavy atom. The molecule has 11 heteroatoms. The summed E-state index contributed by atoms with van der Waals surface area (Å²) in [6.45, 7) is 7.92. The number of rotatable bonds is 7. The third kappa shape index (κ3) is 7.00. The number of halogens is 3. The Hall–Kier alpha value is -3.15. The van der Waals surface area contributed by atoms with Crippen LogP contribution in [0.5, 0.6) is 0 Å². The lowest BCUT2D eigenvalue weighted by Crippen LogP contribution is -2.06. The molecule has 0 saturated carbocycles. The Kier molecular flexibility index (Phi) is 10.3. The molecule has 0 unspecified atom stereocenters. The van der Waals surface area contributed by atoms with E-state index in [1.807, 2.05) is 24.3 Å². The van der Waals surface area contributed by atoms with Crippen LogP contribution in [0, 0.1) is 3.70 Å². The van der Waals surface area contributed by atoms with Gasteiger partial charge in [-0.1, -0.05) is 29.8 Å². The molecule has 0 atom stereocenters. The van der Waals surface area contributed by atoms with Crippen molar-refractivity contribution < 1.29 is 19.1 Å². The van der Waals surface area contributed by atoms with Crippen LogP contribution < -0.4 is 0 Å². The van der Waals surface area contributed by atoms with E-state index < -0.39 is 5.97 Å². The number of carbonyl (C=O) groups excluding carboxylic acids is 2. The van der Waals surface area contributed by atoms with E-state index in [9.17, 15) is 9.59 Å². The number of hydrogen-bond donors (Lipinski definition) is 0. The van der Waals surface area contributed by atoms with Crippen LogP contribution in [0.1, 0.15) is 40.3 Å². The van der Waals surface area contributed by atoms with E-state index >= 15 is 0 Å². The van der Waals surface area contributed by atoms with Gasteiger partial charge in [0.05, 0.1) is 42.7 Å². The van der Waals surface area contributed by atoms with Crippen molar-refractivity contribution in [3.63, 3.8) is 0 Å². The van der Waals surface area contributed by atoms with Crippen LogP contribution >= 0.6 is 45.8 Å². The largest absolute Gasteiger partial charge is 0.462 e. The zero-order chi connectivity index (χ0) is 26.9. The van der Waals surface area contributed by atoms with Crippen LogP contribution in [-0.2, 0) is 9.47 Å². The molecular weight excluding hydrogens is 630 g/mol. The van der Waals surface area contributed by atoms with Crippen LogP contribution in [-0.4, -0.2) is 44.7 Å². The minimum Gasteiger partial charge on any atom is -0.462 e. The van der Waals surface area contributed by atoms with E-state index in [0.717, 1.165) is 11.4 Å². The average molecular weight is 653 g/mol. The maximum atomic E-state index is 11.8. The summed E-state index contributed by atoms with van der Waals surface area (Å²) in [6.07, 6.45) is 4.56. The molecule has 8 nitrogen and oxygen atoms in total. The highest BCUT2D eigenvalue weighted by Gasteiger charge is 2.18. The summed E-state index contributed by atoms with van der Waals surface area (Å²) in [4.78, 5) is 23.4. The zero-order valence-corrected chi connectivity index (χ0v) is 23.7. The van der Waals surface area contributed by atoms with Crippen LogP contribution in [0.15, 0.2) is 67.5 Å². The number of hydrogen-bond acceptors (Lipinski definition) is 6. The summed E-state index contributed by atoms with van der Waals surface area (Å²) < 4.78 is 13.9. The molecule has 37 heavy (non-hydrogen) atoms. The summed E-state index contributed by atoms with van der Waals surface area (Å²) in [5.74, 6) is -0.764. The molecule has 0 bridgehead atoms. The van der Waals surface area contributed by atoms with E-state index in [-0.39, 0.29) is 5.97 Å². The van der Waals surface area contributed by atoms with Gasteiger partial charge in [-0.05, 0) is 91.0 Å². The first-order valence-corrected chi connectivity index (χ1v) is 12.9. The van der Waals surface area contributed by atoms with E-state index in [0.29, 0.717) is 43.8 Å². The van der Waals surface area contributed by atoms with Crippen LogP contribution in [0.25, 0.3) is 17.5 Å². The summed E-state index contributed by atoms with van der Waals surface area (Å²) in [5, 5.41) is 9.68. The van der Waals surface area contributed by atoms with Gasteiger partial charge in [0.1, 0.15) is 14.8 Å². The molecule has 4 aromatic rings. The Morgan fingerprint density at radius 1 is 0.838 bits per heavy atom. The summed E-state index contributed by atoms with van der Waals surface area (Å²) >= 11 is 13.7. The number of esters is 2. The predicted molar refractivity (Wildman–Crippen MR) is 152 cm³/mol. The normalized spacial score (nSPS) is 10.3. The lowest BCUT2D eigenvalue weighted by atomic mass is 10.2. The predicted octanol–water partition coefficient (Wildman–Crippen LogP) is 6.65. The second-order valence-electron chi connectivity index (χ2n) is 7.21. The van der Waals surface area contributed by atoms with Crippen LogP contribution in [0.4, 0.5) is 0 Å². The molecule has 0 spiro atoms. The number of aromatic nitrogens is 4. The van der Waals surface area contributed by atoms with Crippen molar-refractivity contribution in [3.05, 3.63) is 98.1 Å². The van der Waals surface area contributed by atoms with Gasteiger partial charge in [-0.2, -0.15) is 10.2 Å². The van der Waals surface area contributed by atoms with Crippen molar-refractivity contribution in [2.45, 2.75) is 13.8 Å². The molecule has 192 valence electrons. The first-order chi connectivity index (χ1) is 17.8. The molecule has 0 radical (unpaired) electrons. The molecule has 0 saturated heterocycles. The minimum atomic E-state index is -0.405. The third-order valence-corrected chi connectivity index (χ3v) is 6.39. The number of benzene rings is 2. The maximum Gasteiger partial charge on any atom is 0.342 e. The molecule has 0 fully saturated rings. The lowest BCUT2D eigenvalue weighted by molar-refractivity contribution is 0.0516. The van der Waals surface area contributed by atoms with E-state index in [1.165, 1.54) is 12.4 Å². The highest BCUT2D eigenvalue weighted by Crippen LogP contribution is 2.20. The minimum absolute atomic E-state index is 0.321. The maximum absolute atomic E-state index is 11.8. The molecule has 0 aliphatic carbocycles. The fourth-order valence-electron chi connectivity index (χ4n) is 3.15. The fraction of sp³-hybridized carbons (Fsp3) is 0.154. The number of ether oxygens (including phenoxy) is 2. The van der Waals surface area contributed by atoms with E-state index in [2.05, 4.69) is 39.4 Å². The molecule has 0 N–H and O–H groups in total. The van der Waals surface area contributed by atoms with Gasteiger partial charge in [0.25, 0.3) is 0 Å². The summed E-state index contributed by atoms with van der Waals surface area (Å²) in [5.41, 5.74) is 3.11. The van der Waals surface area contributed by atoms with Gasteiger partial charge in [0.15, 0.2) is 0 Å². The fourth-order valence-corrected chi connectivity index (χ4v) is 4.16. The van der Waals surface area contributed by atoms with Crippen LogP contribution in [0.3, 0.4) is 0 Å². The van der Waals surface area contributed by atoms with Gasteiger partial charge in [-0.25, -0.2) is 19.0 Å². The Balaban J connectivity index is 0.000000206. The van der Waals surface area contributed by atoms with Crippen molar-refractivity contribution in [1.82, 2.24) is 19.6 Å². The SMILES string of the molecule is C=Cc1c(C(=O)OCC)cnn1-c1ccc(Cl)cc1.CCOC(=O)c1cnn(-c2ccc(Cl)cc2)c1I. The van der Waals surface area contributed by atoms with Crippen molar-refractivity contribution in [1.29, 1.82) is 0 Å². The lowest BCUT2D eigenvalue weighted by Gasteiger charge is -2.06. The first kappa shape index (κ1) is 28.4. The van der Waals surface area contributed by atoms with Crippen molar-refractivity contribution >= 4 is 63.8 Å². The number of nitrogens with zero attached hydrogens (tertiary/aromatic N) is 4. The molecule has 0 amide bonds. The van der Waals surface area contributed by atoms with Gasteiger partial charge >= 0.3 is 11.9 Å². The summed E-state index contributed by atoms with van der Waals surface area (Å²) in [6, 6.07) is 14.4. The first-order valence-electron chi connectivity index (χ1n) is 11.1. The molecule has 2 heterocycles. The molecular formula is C26H23Cl2IN4O4. The topological polar surface area (TPSA) is 88.2 Å². The molecule has 0 aliphatic heterocycles. The smallest absolute Gasteiger partial charge is 0.342 e. The van der Waals surface area contributed by atoms with Gasteiger partial charge < -0.3 is 9.47 Å². The van der Waals surface area contributed by atoms with Crippen molar-refractivity contribution in [2.75, 3.05) is 13.2 Å². The monoisotopic (exact) mass is 652 g/mol. The van der Waals surface area contributed by atoms with Gasteiger partial charge in [-0.3, -0.25) is 0 Å². The van der Waals surface area contributed by atoms with E-state index in [1.54, 1.807) is 53.6 Å². The van der Waals surface area contributed by atoms with Gasteiger partial charge in [-0.15, -0.1) is 0 Å². The second-order valence-corrected chi connectivity index (χ2v) is 9.11. The molecule has 4 rings (SSSR count). The quantitative estimate of drug-likeness (QED) is 0.164. The third-order valence-electron chi connectivity index (χ3n) is 4.84. The highest BCUT2D eigenvalue weighted by atomic mass is 127. The highest BCUT2D eigenvalue weighted by molar-refractivity contribution is 14.1. The Morgan fingerprint density at radius 3 is 1.76 bits per heavy atom. The van der Waals surface area contributed by atoms with Crippen molar-refractivity contribution in [2.24, 2.45) is 0 Å². The standard InChI is InChI=1S/C14H13ClN2O2.C12H10ClIN2O2/c1-3-13-12(14(18)19-4-2)9-16-17(13)11-7-5-10(15)6-8-11;1-2-18-12(17)10-7-15-16(11(10)14)9-5-3-8(13)4-6-9/h3,5-9H,1,4H2,2H3;3-7H,2H2,1H3. The second kappa shape index (κ2) is 13.4. The zero-order valence-electron chi connectivity index (χ0n) is 20.0. The van der Waals surface area contributed by atoms with Crippen molar-refractivity contribution in [3.8, 4) is 11.4 Å². The van der Waals surface area contributed by atoms with Crippen LogP contribution in [0.2, 0.25) is 10.0 Å². The van der Waals surface area contributed by atoms with Gasteiger partial charge in [0, 0.05) is 10.0 Å². The summed E-state index contributed by atoms with van der Waals surface area (Å²) in [7, 11) is 0.